The second-order valence-electron chi connectivity index (χ2n) is 3.98. The normalized spacial score (nSPS) is 20.1. The highest BCUT2D eigenvalue weighted by atomic mass is 16.1. The lowest BCUT2D eigenvalue weighted by atomic mass is 10.2. The Balaban J connectivity index is 2.19. The van der Waals surface area contributed by atoms with Gasteiger partial charge in [-0.1, -0.05) is 6.07 Å². The van der Waals surface area contributed by atoms with Gasteiger partial charge in [-0.3, -0.25) is 4.79 Å². The molecule has 16 heavy (non-hydrogen) atoms. The van der Waals surface area contributed by atoms with Crippen LogP contribution in [0.25, 0.3) is 0 Å². The lowest BCUT2D eigenvalue weighted by Gasteiger charge is -2.23. The van der Waals surface area contributed by atoms with Gasteiger partial charge in [0.1, 0.15) is 11.9 Å². The molecule has 1 atom stereocenters. The lowest BCUT2D eigenvalue weighted by Crippen LogP contribution is -2.40. The van der Waals surface area contributed by atoms with E-state index in [2.05, 4.69) is 4.98 Å². The zero-order chi connectivity index (χ0) is 11.5. The molecule has 1 aromatic heterocycles. The monoisotopic (exact) mass is 220 g/mol. The highest BCUT2D eigenvalue weighted by Crippen LogP contribution is 2.23. The van der Waals surface area contributed by atoms with Crippen molar-refractivity contribution in [2.45, 2.75) is 25.4 Å². The van der Waals surface area contributed by atoms with Gasteiger partial charge in [-0.15, -0.1) is 0 Å². The number of primary amides is 1. The van der Waals surface area contributed by atoms with Crippen LogP contribution in [0.1, 0.15) is 18.4 Å². The fourth-order valence-electron chi connectivity index (χ4n) is 2.04. The van der Waals surface area contributed by atoms with Gasteiger partial charge in [0.05, 0.1) is 0 Å². The van der Waals surface area contributed by atoms with Crippen LogP contribution >= 0.6 is 0 Å². The highest BCUT2D eigenvalue weighted by Gasteiger charge is 2.29. The first-order valence-corrected chi connectivity index (χ1v) is 5.43. The number of nitrogens with zero attached hydrogens (tertiary/aromatic N) is 2. The Kier molecular flexibility index (Phi) is 3.05. The molecule has 1 aliphatic rings. The average molecular weight is 220 g/mol. The molecule has 0 saturated carbocycles. The first-order chi connectivity index (χ1) is 7.72. The van der Waals surface area contributed by atoms with Crippen LogP contribution in [0.3, 0.4) is 0 Å². The van der Waals surface area contributed by atoms with Gasteiger partial charge in [0.2, 0.25) is 5.91 Å². The second kappa shape index (κ2) is 4.49. The van der Waals surface area contributed by atoms with Crippen LogP contribution in [-0.2, 0) is 11.3 Å². The van der Waals surface area contributed by atoms with Gasteiger partial charge in [-0.25, -0.2) is 4.98 Å². The number of hydrogen-bond donors (Lipinski definition) is 2. The van der Waals surface area contributed by atoms with E-state index >= 15 is 0 Å². The van der Waals surface area contributed by atoms with E-state index in [0.717, 1.165) is 30.8 Å². The van der Waals surface area contributed by atoms with Gasteiger partial charge in [0.25, 0.3) is 0 Å². The Morgan fingerprint density at radius 2 is 2.38 bits per heavy atom. The molecule has 1 amide bonds. The van der Waals surface area contributed by atoms with Crippen LogP contribution in [0.4, 0.5) is 5.82 Å². The third-order valence-electron chi connectivity index (χ3n) is 2.92. The molecule has 0 radical (unpaired) electrons. The van der Waals surface area contributed by atoms with Crippen LogP contribution in [-0.4, -0.2) is 23.5 Å². The molecule has 86 valence electrons. The first kappa shape index (κ1) is 10.9. The number of amides is 1. The zero-order valence-electron chi connectivity index (χ0n) is 9.10. The van der Waals surface area contributed by atoms with Gasteiger partial charge in [-0.05, 0) is 24.5 Å². The van der Waals surface area contributed by atoms with Crippen molar-refractivity contribution in [3.63, 3.8) is 0 Å². The van der Waals surface area contributed by atoms with E-state index in [9.17, 15) is 4.79 Å². The van der Waals surface area contributed by atoms with Gasteiger partial charge in [-0.2, -0.15) is 0 Å². The van der Waals surface area contributed by atoms with Crippen LogP contribution in [0.15, 0.2) is 18.3 Å². The number of pyridine rings is 1. The second-order valence-corrected chi connectivity index (χ2v) is 3.98. The molecule has 4 N–H and O–H groups in total. The summed E-state index contributed by atoms with van der Waals surface area (Å²) < 4.78 is 0. The summed E-state index contributed by atoms with van der Waals surface area (Å²) in [4.78, 5) is 17.5. The summed E-state index contributed by atoms with van der Waals surface area (Å²) in [7, 11) is 0. The molecule has 0 bridgehead atoms. The van der Waals surface area contributed by atoms with Gasteiger partial charge in [0.15, 0.2) is 0 Å². The number of carbonyl (C=O) groups is 1. The molecule has 0 aliphatic carbocycles. The molecule has 1 saturated heterocycles. The summed E-state index contributed by atoms with van der Waals surface area (Å²) in [5.41, 5.74) is 11.8. The van der Waals surface area contributed by atoms with Crippen molar-refractivity contribution in [1.82, 2.24) is 4.98 Å². The third-order valence-corrected chi connectivity index (χ3v) is 2.92. The fourth-order valence-corrected chi connectivity index (χ4v) is 2.04. The Bertz CT molecular complexity index is 376. The maximum Gasteiger partial charge on any atom is 0.240 e. The highest BCUT2D eigenvalue weighted by molar-refractivity contribution is 5.83. The van der Waals surface area contributed by atoms with Crippen LogP contribution in [0.2, 0.25) is 0 Å². The van der Waals surface area contributed by atoms with Crippen molar-refractivity contribution in [3.8, 4) is 0 Å². The van der Waals surface area contributed by atoms with E-state index < -0.39 is 0 Å². The smallest absolute Gasteiger partial charge is 0.240 e. The molecule has 0 aromatic carbocycles. The number of carbonyl (C=O) groups excluding carboxylic acids is 1. The minimum Gasteiger partial charge on any atom is -0.368 e. The predicted molar refractivity (Wildman–Crippen MR) is 61.7 cm³/mol. The molecule has 5 nitrogen and oxygen atoms in total. The molecular weight excluding hydrogens is 204 g/mol. The predicted octanol–water partition coefficient (Wildman–Crippen LogP) is -0.00560. The van der Waals surface area contributed by atoms with Gasteiger partial charge in [0, 0.05) is 19.3 Å². The Hall–Kier alpha value is -1.62. The summed E-state index contributed by atoms with van der Waals surface area (Å²) in [5, 5.41) is 0. The SMILES string of the molecule is NCc1ccc(N2CCCC2C(N)=O)nc1. The van der Waals surface area contributed by atoms with E-state index in [1.165, 1.54) is 0 Å². The zero-order valence-corrected chi connectivity index (χ0v) is 9.10. The van der Waals surface area contributed by atoms with Crippen molar-refractivity contribution in [1.29, 1.82) is 0 Å². The summed E-state index contributed by atoms with van der Waals surface area (Å²) in [6.45, 7) is 1.31. The summed E-state index contributed by atoms with van der Waals surface area (Å²) in [5.74, 6) is 0.528. The number of rotatable bonds is 3. The Labute approximate surface area is 94.4 Å². The van der Waals surface area contributed by atoms with Crippen LogP contribution < -0.4 is 16.4 Å². The molecule has 2 heterocycles. The molecule has 5 heteroatoms. The minimum atomic E-state index is -0.276. The molecule has 1 aliphatic heterocycles. The first-order valence-electron chi connectivity index (χ1n) is 5.43. The maximum absolute atomic E-state index is 11.2. The van der Waals surface area contributed by atoms with Crippen LogP contribution in [0.5, 0.6) is 0 Å². The lowest BCUT2D eigenvalue weighted by molar-refractivity contribution is -0.119. The maximum atomic E-state index is 11.2. The van der Waals surface area contributed by atoms with Crippen molar-refractivity contribution in [3.05, 3.63) is 23.9 Å². The summed E-state index contributed by atoms with van der Waals surface area (Å²) in [6, 6.07) is 3.61. The molecule has 2 rings (SSSR count). The van der Waals surface area contributed by atoms with Crippen LogP contribution in [0, 0.1) is 0 Å². The molecule has 1 aromatic rings. The summed E-state index contributed by atoms with van der Waals surface area (Å²) in [6.07, 6.45) is 3.54. The minimum absolute atomic E-state index is 0.212. The Morgan fingerprint density at radius 3 is 2.94 bits per heavy atom. The van der Waals surface area contributed by atoms with E-state index in [1.807, 2.05) is 17.0 Å². The number of aromatic nitrogens is 1. The molecule has 0 spiro atoms. The van der Waals surface area contributed by atoms with Crippen molar-refractivity contribution in [2.24, 2.45) is 11.5 Å². The average Bonchev–Trinajstić information content (AvgIpc) is 2.78. The van der Waals surface area contributed by atoms with E-state index in [0.29, 0.717) is 6.54 Å². The fraction of sp³-hybridized carbons (Fsp3) is 0.455. The van der Waals surface area contributed by atoms with Gasteiger partial charge >= 0.3 is 0 Å². The topological polar surface area (TPSA) is 85.2 Å². The van der Waals surface area contributed by atoms with Crippen molar-refractivity contribution in [2.75, 3.05) is 11.4 Å². The van der Waals surface area contributed by atoms with Crippen molar-refractivity contribution >= 4 is 11.7 Å². The summed E-state index contributed by atoms with van der Waals surface area (Å²) >= 11 is 0. The largest absolute Gasteiger partial charge is 0.368 e. The van der Waals surface area contributed by atoms with E-state index in [1.54, 1.807) is 6.20 Å². The standard InChI is InChI=1S/C11H16N4O/c12-6-8-3-4-10(14-7-8)15-5-1-2-9(15)11(13)16/h3-4,7,9H,1-2,5-6,12H2,(H2,13,16). The molecule has 1 fully saturated rings. The Morgan fingerprint density at radius 1 is 1.56 bits per heavy atom. The quantitative estimate of drug-likeness (QED) is 0.750. The van der Waals surface area contributed by atoms with E-state index in [4.69, 9.17) is 11.5 Å². The molecule has 1 unspecified atom stereocenters. The number of nitrogens with two attached hydrogens (primary N) is 2. The van der Waals surface area contributed by atoms with E-state index in [-0.39, 0.29) is 11.9 Å². The molecular formula is C11H16N4O. The third kappa shape index (κ3) is 1.99. The van der Waals surface area contributed by atoms with Gasteiger partial charge < -0.3 is 16.4 Å². The number of anilines is 1. The number of hydrogen-bond acceptors (Lipinski definition) is 4. The van der Waals surface area contributed by atoms with Crippen molar-refractivity contribution < 1.29 is 4.79 Å².